The van der Waals surface area contributed by atoms with Crippen LogP contribution in [-0.2, 0) is 6.42 Å². The Morgan fingerprint density at radius 1 is 1.46 bits per heavy atom. The zero-order chi connectivity index (χ0) is 9.84. The first-order valence-corrected chi connectivity index (χ1v) is 5.24. The van der Waals surface area contributed by atoms with Crippen molar-refractivity contribution in [3.05, 3.63) is 28.5 Å². The lowest BCUT2D eigenvalue weighted by atomic mass is 9.97. The molecule has 0 radical (unpaired) electrons. The quantitative estimate of drug-likeness (QED) is 0.885. The van der Waals surface area contributed by atoms with E-state index in [9.17, 15) is 0 Å². The Kier molecular flexibility index (Phi) is 3.88. The van der Waals surface area contributed by atoms with Gasteiger partial charge in [-0.05, 0) is 46.8 Å². The van der Waals surface area contributed by atoms with Gasteiger partial charge < -0.3 is 5.73 Å². The predicted molar refractivity (Wildman–Crippen MR) is 58.5 cm³/mol. The highest BCUT2D eigenvalue weighted by Crippen LogP contribution is 2.14. The summed E-state index contributed by atoms with van der Waals surface area (Å²) in [5, 5.41) is 0. The molecule has 0 fully saturated rings. The molecule has 1 aromatic rings. The Hall–Kier alpha value is -0.410. The maximum Gasteiger partial charge on any atom is 0.0410 e. The van der Waals surface area contributed by atoms with Gasteiger partial charge in [-0.1, -0.05) is 6.92 Å². The molecule has 3 heteroatoms. The van der Waals surface area contributed by atoms with Crippen LogP contribution in [0.1, 0.15) is 19.4 Å². The van der Waals surface area contributed by atoms with E-state index < -0.39 is 0 Å². The van der Waals surface area contributed by atoms with Gasteiger partial charge in [-0.3, -0.25) is 4.98 Å². The third-order valence-electron chi connectivity index (χ3n) is 2.22. The maximum absolute atomic E-state index is 5.79. The lowest BCUT2D eigenvalue weighted by Crippen LogP contribution is -2.25. The van der Waals surface area contributed by atoms with Gasteiger partial charge in [0, 0.05) is 22.9 Å². The van der Waals surface area contributed by atoms with Gasteiger partial charge in [0.2, 0.25) is 0 Å². The molecule has 0 amide bonds. The van der Waals surface area contributed by atoms with E-state index in [1.165, 1.54) is 5.56 Å². The molecule has 0 aliphatic carbocycles. The van der Waals surface area contributed by atoms with E-state index in [4.69, 9.17) is 5.73 Å². The van der Waals surface area contributed by atoms with Crippen LogP contribution < -0.4 is 5.73 Å². The number of halogens is 1. The van der Waals surface area contributed by atoms with Crippen molar-refractivity contribution in [3.8, 4) is 0 Å². The summed E-state index contributed by atoms with van der Waals surface area (Å²) >= 11 is 3.40. The topological polar surface area (TPSA) is 38.9 Å². The highest BCUT2D eigenvalue weighted by Gasteiger charge is 2.08. The molecule has 72 valence electrons. The summed E-state index contributed by atoms with van der Waals surface area (Å²) in [5.74, 6) is 0.496. The fraction of sp³-hybridized carbons (Fsp3) is 0.500. The number of pyridine rings is 1. The van der Waals surface area contributed by atoms with Crippen molar-refractivity contribution in [1.82, 2.24) is 4.98 Å². The van der Waals surface area contributed by atoms with Gasteiger partial charge in [0.15, 0.2) is 0 Å². The molecule has 2 nitrogen and oxygen atoms in total. The zero-order valence-electron chi connectivity index (χ0n) is 8.00. The zero-order valence-corrected chi connectivity index (χ0v) is 9.58. The third-order valence-corrected chi connectivity index (χ3v) is 2.65. The lowest BCUT2D eigenvalue weighted by molar-refractivity contribution is 0.481. The summed E-state index contributed by atoms with van der Waals surface area (Å²) < 4.78 is 1.03. The molecule has 2 unspecified atom stereocenters. The first kappa shape index (κ1) is 10.7. The number of nitrogens with zero attached hydrogens (tertiary/aromatic N) is 1. The van der Waals surface area contributed by atoms with Crippen LogP contribution in [0.4, 0.5) is 0 Å². The standard InChI is InChI=1S/C10H15BrN2/c1-7(8(2)12)3-9-4-10(11)6-13-5-9/h4-8H,3,12H2,1-2H3. The van der Waals surface area contributed by atoms with E-state index >= 15 is 0 Å². The van der Waals surface area contributed by atoms with Crippen molar-refractivity contribution in [2.24, 2.45) is 11.7 Å². The molecule has 0 spiro atoms. The fourth-order valence-electron chi connectivity index (χ4n) is 1.13. The Bertz CT molecular complexity index is 273. The van der Waals surface area contributed by atoms with E-state index in [-0.39, 0.29) is 6.04 Å². The number of rotatable bonds is 3. The average molecular weight is 243 g/mol. The molecule has 0 saturated carbocycles. The van der Waals surface area contributed by atoms with E-state index in [1.54, 1.807) is 6.20 Å². The van der Waals surface area contributed by atoms with Gasteiger partial charge in [0.05, 0.1) is 0 Å². The molecule has 0 aromatic carbocycles. The van der Waals surface area contributed by atoms with Crippen LogP contribution >= 0.6 is 15.9 Å². The summed E-state index contributed by atoms with van der Waals surface area (Å²) in [7, 11) is 0. The van der Waals surface area contributed by atoms with Crippen molar-refractivity contribution < 1.29 is 0 Å². The molecule has 2 atom stereocenters. The number of nitrogens with two attached hydrogens (primary N) is 1. The van der Waals surface area contributed by atoms with E-state index in [0.717, 1.165) is 10.9 Å². The minimum absolute atomic E-state index is 0.235. The van der Waals surface area contributed by atoms with E-state index in [0.29, 0.717) is 5.92 Å². The second kappa shape index (κ2) is 4.72. The lowest BCUT2D eigenvalue weighted by Gasteiger charge is -2.14. The maximum atomic E-state index is 5.79. The Morgan fingerprint density at radius 2 is 2.15 bits per heavy atom. The van der Waals surface area contributed by atoms with Crippen molar-refractivity contribution in [1.29, 1.82) is 0 Å². The minimum Gasteiger partial charge on any atom is -0.328 e. The summed E-state index contributed by atoms with van der Waals surface area (Å²) in [6, 6.07) is 2.32. The second-order valence-electron chi connectivity index (χ2n) is 3.55. The molecule has 2 N–H and O–H groups in total. The van der Waals surface area contributed by atoms with Crippen molar-refractivity contribution in [2.45, 2.75) is 26.3 Å². The largest absolute Gasteiger partial charge is 0.328 e. The van der Waals surface area contributed by atoms with Crippen molar-refractivity contribution in [3.63, 3.8) is 0 Å². The number of aromatic nitrogens is 1. The Balaban J connectivity index is 2.64. The van der Waals surface area contributed by atoms with Gasteiger partial charge in [0.25, 0.3) is 0 Å². The molecule has 1 aromatic heterocycles. The Morgan fingerprint density at radius 3 is 2.69 bits per heavy atom. The minimum atomic E-state index is 0.235. The molecule has 13 heavy (non-hydrogen) atoms. The molecule has 1 heterocycles. The summed E-state index contributed by atoms with van der Waals surface area (Å²) in [6.45, 7) is 4.20. The van der Waals surface area contributed by atoms with Gasteiger partial charge in [-0.15, -0.1) is 0 Å². The van der Waals surface area contributed by atoms with Gasteiger partial charge >= 0.3 is 0 Å². The molecule has 0 saturated heterocycles. The number of hydrogen-bond donors (Lipinski definition) is 1. The Labute approximate surface area is 87.7 Å². The van der Waals surface area contributed by atoms with Crippen molar-refractivity contribution >= 4 is 15.9 Å². The van der Waals surface area contributed by atoms with Crippen LogP contribution in [0.2, 0.25) is 0 Å². The smallest absolute Gasteiger partial charge is 0.0410 e. The molecule has 0 aliphatic rings. The highest BCUT2D eigenvalue weighted by molar-refractivity contribution is 9.10. The van der Waals surface area contributed by atoms with Crippen molar-refractivity contribution in [2.75, 3.05) is 0 Å². The molecule has 0 aliphatic heterocycles. The molecular formula is C10H15BrN2. The van der Waals surface area contributed by atoms with E-state index in [2.05, 4.69) is 33.9 Å². The summed E-state index contributed by atoms with van der Waals surface area (Å²) in [4.78, 5) is 4.11. The first-order chi connectivity index (χ1) is 6.09. The van der Waals surface area contributed by atoms with Crippen LogP contribution in [0, 0.1) is 5.92 Å². The normalized spacial score (nSPS) is 15.4. The fourth-order valence-corrected chi connectivity index (χ4v) is 1.54. The van der Waals surface area contributed by atoms with Gasteiger partial charge in [0.1, 0.15) is 0 Å². The third kappa shape index (κ3) is 3.44. The van der Waals surface area contributed by atoms with E-state index in [1.807, 2.05) is 13.1 Å². The SMILES string of the molecule is CC(N)C(C)Cc1cncc(Br)c1. The van der Waals surface area contributed by atoms with Crippen LogP contribution in [0.15, 0.2) is 22.9 Å². The van der Waals surface area contributed by atoms with Crippen LogP contribution in [-0.4, -0.2) is 11.0 Å². The molecular weight excluding hydrogens is 228 g/mol. The average Bonchev–Trinajstić information content (AvgIpc) is 2.04. The van der Waals surface area contributed by atoms with Gasteiger partial charge in [-0.2, -0.15) is 0 Å². The van der Waals surface area contributed by atoms with Gasteiger partial charge in [-0.25, -0.2) is 0 Å². The van der Waals surface area contributed by atoms with Crippen LogP contribution in [0.5, 0.6) is 0 Å². The van der Waals surface area contributed by atoms with Crippen LogP contribution in [0.3, 0.4) is 0 Å². The second-order valence-corrected chi connectivity index (χ2v) is 4.47. The first-order valence-electron chi connectivity index (χ1n) is 4.44. The monoisotopic (exact) mass is 242 g/mol. The van der Waals surface area contributed by atoms with Crippen LogP contribution in [0.25, 0.3) is 0 Å². The summed E-state index contributed by atoms with van der Waals surface area (Å²) in [6.07, 6.45) is 4.67. The molecule has 1 rings (SSSR count). The predicted octanol–water partition coefficient (Wildman–Crippen LogP) is 2.37. The molecule has 0 bridgehead atoms. The summed E-state index contributed by atoms with van der Waals surface area (Å²) in [5.41, 5.74) is 7.03. The number of hydrogen-bond acceptors (Lipinski definition) is 2. The highest BCUT2D eigenvalue weighted by atomic mass is 79.9.